The maximum absolute atomic E-state index is 13.3. The summed E-state index contributed by atoms with van der Waals surface area (Å²) in [7, 11) is 1.62. The average Bonchev–Trinajstić information content (AvgIpc) is 3.15. The van der Waals surface area contributed by atoms with Gasteiger partial charge < -0.3 is 9.30 Å². The Morgan fingerprint density at radius 2 is 1.84 bits per heavy atom. The summed E-state index contributed by atoms with van der Waals surface area (Å²) in [5.74, 6) is 0.456. The molecule has 0 radical (unpaired) electrons. The van der Waals surface area contributed by atoms with E-state index in [9.17, 15) is 14.4 Å². The minimum atomic E-state index is -0.273. The first-order chi connectivity index (χ1) is 15.1. The number of carbonyl (C=O) groups is 1. The number of hydrogen-bond donors (Lipinski definition) is 0. The summed E-state index contributed by atoms with van der Waals surface area (Å²) < 4.78 is 20.7. The van der Waals surface area contributed by atoms with Gasteiger partial charge in [-0.05, 0) is 41.5 Å². The maximum Gasteiger partial charge on any atom is 0.150 e. The topological polar surface area (TPSA) is 55.0 Å². The molecule has 4 nitrogen and oxygen atoms in total. The van der Waals surface area contributed by atoms with Crippen molar-refractivity contribution in [3.8, 4) is 11.8 Å². The van der Waals surface area contributed by atoms with Crippen LogP contribution in [0.1, 0.15) is 27.0 Å². The van der Waals surface area contributed by atoms with Gasteiger partial charge in [-0.15, -0.1) is 0 Å². The number of rotatable bonds is 6. The smallest absolute Gasteiger partial charge is 0.150 e. The Morgan fingerprint density at radius 1 is 1.10 bits per heavy atom. The van der Waals surface area contributed by atoms with Gasteiger partial charge >= 0.3 is 0 Å². The zero-order valence-corrected chi connectivity index (χ0v) is 16.9. The van der Waals surface area contributed by atoms with Gasteiger partial charge in [0.25, 0.3) is 0 Å². The Morgan fingerprint density at radius 3 is 2.48 bits per heavy atom. The molecule has 0 saturated carbocycles. The van der Waals surface area contributed by atoms with Crippen LogP contribution in [0.2, 0.25) is 0 Å². The highest BCUT2D eigenvalue weighted by molar-refractivity contribution is 5.98. The molecule has 0 saturated heterocycles. The molecule has 0 N–H and O–H groups in total. The van der Waals surface area contributed by atoms with Crippen molar-refractivity contribution in [3.63, 3.8) is 0 Å². The first-order valence-corrected chi connectivity index (χ1v) is 9.70. The first-order valence-electron chi connectivity index (χ1n) is 9.70. The van der Waals surface area contributed by atoms with E-state index in [1.807, 2.05) is 30.5 Å². The van der Waals surface area contributed by atoms with E-state index < -0.39 is 0 Å². The highest BCUT2D eigenvalue weighted by Crippen LogP contribution is 2.30. The third kappa shape index (κ3) is 4.24. The van der Waals surface area contributed by atoms with Crippen LogP contribution in [-0.2, 0) is 6.54 Å². The van der Waals surface area contributed by atoms with E-state index in [2.05, 4.69) is 10.6 Å². The summed E-state index contributed by atoms with van der Waals surface area (Å²) in [4.78, 5) is 10.9. The lowest BCUT2D eigenvalue weighted by atomic mass is 10.0. The number of aldehydes is 1. The first kappa shape index (κ1) is 20.1. The number of aromatic nitrogens is 1. The fraction of sp³-hybridized carbons (Fsp3) is 0.0769. The van der Waals surface area contributed by atoms with Gasteiger partial charge in [-0.3, -0.25) is 4.79 Å². The number of allylic oxidation sites excluding steroid dienone is 1. The summed E-state index contributed by atoms with van der Waals surface area (Å²) in [5.41, 5.74) is 4.58. The highest BCUT2D eigenvalue weighted by Gasteiger charge is 2.11. The number of ether oxygens (including phenoxy) is 1. The summed E-state index contributed by atoms with van der Waals surface area (Å²) in [6.07, 6.45) is 4.59. The van der Waals surface area contributed by atoms with Crippen LogP contribution >= 0.6 is 0 Å². The summed E-state index contributed by atoms with van der Waals surface area (Å²) in [5, 5.41) is 10.7. The maximum atomic E-state index is 13.3. The Kier molecular flexibility index (Phi) is 5.63. The fourth-order valence-corrected chi connectivity index (χ4v) is 3.54. The predicted molar refractivity (Wildman–Crippen MR) is 119 cm³/mol. The molecular weight excluding hydrogens is 391 g/mol. The van der Waals surface area contributed by atoms with E-state index in [0.29, 0.717) is 17.7 Å². The molecule has 0 aliphatic rings. The molecule has 0 bridgehead atoms. The number of nitrogens with zero attached hydrogens (tertiary/aromatic N) is 2. The van der Waals surface area contributed by atoms with Crippen molar-refractivity contribution in [1.29, 1.82) is 5.26 Å². The van der Waals surface area contributed by atoms with Crippen LogP contribution in [-0.4, -0.2) is 18.0 Å². The molecule has 0 atom stereocenters. The molecule has 3 aromatic carbocycles. The Balaban J connectivity index is 1.81. The number of methoxy groups -OCH3 is 1. The number of hydrogen-bond acceptors (Lipinski definition) is 3. The van der Waals surface area contributed by atoms with Gasteiger partial charge in [0.2, 0.25) is 0 Å². The predicted octanol–water partition coefficient (Wildman–Crippen LogP) is 5.71. The zero-order valence-electron chi connectivity index (χ0n) is 16.9. The van der Waals surface area contributed by atoms with Crippen LogP contribution in [0.15, 0.2) is 72.9 Å². The molecule has 0 unspecified atom stereocenters. The van der Waals surface area contributed by atoms with Crippen LogP contribution in [0.25, 0.3) is 22.6 Å². The van der Waals surface area contributed by atoms with Crippen LogP contribution in [0.3, 0.4) is 0 Å². The van der Waals surface area contributed by atoms with Crippen LogP contribution in [0.4, 0.5) is 4.39 Å². The third-order valence-electron chi connectivity index (χ3n) is 5.16. The Hall–Kier alpha value is -4.17. The second kappa shape index (κ2) is 8.68. The summed E-state index contributed by atoms with van der Waals surface area (Å²) >= 11 is 0. The number of nitriles is 1. The number of fused-ring (bicyclic) bond motifs is 1. The van der Waals surface area contributed by atoms with Gasteiger partial charge in [0.05, 0.1) is 24.3 Å². The minimum absolute atomic E-state index is 0.273. The van der Waals surface area contributed by atoms with Crippen molar-refractivity contribution < 1.29 is 13.9 Å². The lowest BCUT2D eigenvalue weighted by molar-refractivity contribution is 0.112. The second-order valence-corrected chi connectivity index (χ2v) is 7.13. The molecule has 0 spiro atoms. The fourth-order valence-electron chi connectivity index (χ4n) is 3.54. The van der Waals surface area contributed by atoms with E-state index in [-0.39, 0.29) is 5.82 Å². The molecule has 1 aromatic heterocycles. The van der Waals surface area contributed by atoms with Crippen molar-refractivity contribution in [1.82, 2.24) is 4.57 Å². The number of benzene rings is 3. The van der Waals surface area contributed by atoms with E-state index in [1.165, 1.54) is 12.1 Å². The molecule has 0 aliphatic heterocycles. The van der Waals surface area contributed by atoms with E-state index >= 15 is 0 Å². The molecule has 4 rings (SSSR count). The van der Waals surface area contributed by atoms with Gasteiger partial charge in [0.15, 0.2) is 0 Å². The van der Waals surface area contributed by atoms with Crippen molar-refractivity contribution in [2.45, 2.75) is 6.54 Å². The SMILES string of the molecule is COc1ccc2c(/C=C(\C#N)c3ccc(C=O)cc3)cn(Cc3ccc(F)cc3)c2c1. The molecular formula is C26H19FN2O2. The lowest BCUT2D eigenvalue weighted by Gasteiger charge is -2.07. The second-order valence-electron chi connectivity index (χ2n) is 7.13. The van der Waals surface area contributed by atoms with Crippen molar-refractivity contribution in [3.05, 3.63) is 101 Å². The quantitative estimate of drug-likeness (QED) is 0.302. The van der Waals surface area contributed by atoms with Crippen molar-refractivity contribution in [2.75, 3.05) is 7.11 Å². The monoisotopic (exact) mass is 410 g/mol. The highest BCUT2D eigenvalue weighted by atomic mass is 19.1. The molecule has 31 heavy (non-hydrogen) atoms. The zero-order chi connectivity index (χ0) is 21.8. The Labute approximate surface area is 179 Å². The number of halogens is 1. The normalized spacial score (nSPS) is 11.3. The van der Waals surface area contributed by atoms with E-state index in [1.54, 1.807) is 43.5 Å². The van der Waals surface area contributed by atoms with Crippen molar-refractivity contribution in [2.24, 2.45) is 0 Å². The molecule has 4 aromatic rings. The van der Waals surface area contributed by atoms with Gasteiger partial charge in [0.1, 0.15) is 17.9 Å². The average molecular weight is 410 g/mol. The van der Waals surface area contributed by atoms with Crippen molar-refractivity contribution >= 4 is 28.8 Å². The van der Waals surface area contributed by atoms with Gasteiger partial charge in [-0.1, -0.05) is 36.4 Å². The summed E-state index contributed by atoms with van der Waals surface area (Å²) in [6, 6.07) is 21.4. The minimum Gasteiger partial charge on any atom is -0.497 e. The number of carbonyl (C=O) groups excluding carboxylic acids is 1. The third-order valence-corrected chi connectivity index (χ3v) is 5.16. The van der Waals surface area contributed by atoms with Gasteiger partial charge in [-0.25, -0.2) is 4.39 Å². The largest absolute Gasteiger partial charge is 0.497 e. The van der Waals surface area contributed by atoms with Crippen LogP contribution < -0.4 is 4.74 Å². The summed E-state index contributed by atoms with van der Waals surface area (Å²) in [6.45, 7) is 0.549. The molecule has 5 heteroatoms. The van der Waals surface area contributed by atoms with Gasteiger partial charge in [-0.2, -0.15) is 5.26 Å². The van der Waals surface area contributed by atoms with Crippen LogP contribution in [0, 0.1) is 17.1 Å². The molecule has 0 fully saturated rings. The molecule has 0 aliphatic carbocycles. The lowest BCUT2D eigenvalue weighted by Crippen LogP contribution is -1.98. The standard InChI is InChI=1S/C26H19FN2O2/c1-31-24-10-11-25-22(12-21(14-28)20-6-2-19(17-30)3-7-20)16-29(26(25)13-24)15-18-4-8-23(27)9-5-18/h2-13,16-17H,15H2,1H3/b21-12+. The molecule has 152 valence electrons. The molecule has 0 amide bonds. The Bertz CT molecular complexity index is 1310. The molecule has 1 heterocycles. The van der Waals surface area contributed by atoms with Crippen LogP contribution in [0.5, 0.6) is 5.75 Å². The van der Waals surface area contributed by atoms with E-state index in [0.717, 1.165) is 39.6 Å². The van der Waals surface area contributed by atoms with Gasteiger partial charge in [0, 0.05) is 35.3 Å². The van der Waals surface area contributed by atoms with E-state index in [4.69, 9.17) is 4.74 Å².